The summed E-state index contributed by atoms with van der Waals surface area (Å²) in [6.07, 6.45) is 0. The predicted molar refractivity (Wildman–Crippen MR) is 64.5 cm³/mol. The summed E-state index contributed by atoms with van der Waals surface area (Å²) in [4.78, 5) is 4.12. The molecule has 1 aromatic heterocycles. The molecule has 0 unspecified atom stereocenters. The van der Waals surface area contributed by atoms with Crippen molar-refractivity contribution in [3.05, 3.63) is 39.0 Å². The second kappa shape index (κ2) is 4.47. The van der Waals surface area contributed by atoms with Gasteiger partial charge in [-0.05, 0) is 34.1 Å². The Morgan fingerprint density at radius 3 is 2.93 bits per heavy atom. The second-order valence-electron chi connectivity index (χ2n) is 2.72. The normalized spacial score (nSPS) is 10.3. The molecule has 2 nitrogen and oxygen atoms in total. The van der Waals surface area contributed by atoms with Crippen molar-refractivity contribution in [2.24, 2.45) is 0 Å². The minimum absolute atomic E-state index is 0.336. The Kier molecular flexibility index (Phi) is 3.23. The predicted octanol–water partition coefficient (Wildman–Crippen LogP) is 4.44. The number of anilines is 2. The van der Waals surface area contributed by atoms with Crippen molar-refractivity contribution in [1.29, 1.82) is 0 Å². The number of hydrogen-bond donors (Lipinski definition) is 1. The van der Waals surface area contributed by atoms with Crippen molar-refractivity contribution in [2.45, 2.75) is 0 Å². The fraction of sp³-hybridized carbons (Fsp3) is 0. The molecular formula is C9H5BrClFN2S. The Morgan fingerprint density at radius 2 is 2.27 bits per heavy atom. The summed E-state index contributed by atoms with van der Waals surface area (Å²) in [5, 5.41) is 5.89. The number of nitrogens with one attached hydrogen (secondary N) is 1. The van der Waals surface area contributed by atoms with E-state index < -0.39 is 0 Å². The summed E-state index contributed by atoms with van der Waals surface area (Å²) < 4.78 is 13.7. The molecule has 0 spiro atoms. The topological polar surface area (TPSA) is 24.9 Å². The fourth-order valence-corrected chi connectivity index (χ4v) is 2.34. The molecule has 0 radical (unpaired) electrons. The smallest absolute Gasteiger partial charge is 0.188 e. The maximum Gasteiger partial charge on any atom is 0.188 e. The summed E-state index contributed by atoms with van der Waals surface area (Å²) in [6.45, 7) is 0. The van der Waals surface area contributed by atoms with E-state index in [1.165, 1.54) is 29.5 Å². The van der Waals surface area contributed by atoms with Crippen molar-refractivity contribution in [2.75, 3.05) is 5.32 Å². The van der Waals surface area contributed by atoms with Crippen LogP contribution >= 0.6 is 38.9 Å². The van der Waals surface area contributed by atoms with Gasteiger partial charge in [-0.1, -0.05) is 11.6 Å². The summed E-state index contributed by atoms with van der Waals surface area (Å²) >= 11 is 10.5. The maximum absolute atomic E-state index is 12.9. The molecule has 0 amide bonds. The van der Waals surface area contributed by atoms with Crippen LogP contribution in [0.5, 0.6) is 0 Å². The summed E-state index contributed by atoms with van der Waals surface area (Å²) in [5.41, 5.74) is 0.513. The van der Waals surface area contributed by atoms with Crippen molar-refractivity contribution in [1.82, 2.24) is 4.98 Å². The highest BCUT2D eigenvalue weighted by molar-refractivity contribution is 9.10. The van der Waals surface area contributed by atoms with E-state index in [0.717, 1.165) is 4.60 Å². The summed E-state index contributed by atoms with van der Waals surface area (Å²) in [6, 6.07) is 4.14. The number of benzene rings is 1. The Hall–Kier alpha value is -0.650. The highest BCUT2D eigenvalue weighted by Gasteiger charge is 2.04. The molecule has 1 N–H and O–H groups in total. The van der Waals surface area contributed by atoms with E-state index >= 15 is 0 Å². The molecule has 0 bridgehead atoms. The molecule has 2 rings (SSSR count). The Bertz CT molecular complexity index is 489. The molecule has 6 heteroatoms. The van der Waals surface area contributed by atoms with Crippen LogP contribution in [-0.4, -0.2) is 4.98 Å². The monoisotopic (exact) mass is 306 g/mol. The van der Waals surface area contributed by atoms with E-state index in [4.69, 9.17) is 11.6 Å². The van der Waals surface area contributed by atoms with E-state index in [-0.39, 0.29) is 5.82 Å². The number of halogens is 3. The third-order valence-corrected chi connectivity index (χ3v) is 3.44. The lowest BCUT2D eigenvalue weighted by Crippen LogP contribution is -1.91. The Morgan fingerprint density at radius 1 is 1.47 bits per heavy atom. The molecule has 15 heavy (non-hydrogen) atoms. The molecular weight excluding hydrogens is 303 g/mol. The molecule has 1 aromatic carbocycles. The number of hydrogen-bond acceptors (Lipinski definition) is 3. The van der Waals surface area contributed by atoms with Gasteiger partial charge in [-0.15, -0.1) is 11.3 Å². The van der Waals surface area contributed by atoms with Gasteiger partial charge >= 0.3 is 0 Å². The van der Waals surface area contributed by atoms with Gasteiger partial charge in [0.25, 0.3) is 0 Å². The van der Waals surface area contributed by atoms with Gasteiger partial charge in [0.2, 0.25) is 0 Å². The van der Waals surface area contributed by atoms with Crippen LogP contribution in [-0.2, 0) is 0 Å². The van der Waals surface area contributed by atoms with Crippen LogP contribution in [0.3, 0.4) is 0 Å². The highest BCUT2D eigenvalue weighted by atomic mass is 79.9. The molecule has 0 atom stereocenters. The van der Waals surface area contributed by atoms with Crippen molar-refractivity contribution >= 4 is 49.7 Å². The van der Waals surface area contributed by atoms with Gasteiger partial charge in [-0.3, -0.25) is 0 Å². The van der Waals surface area contributed by atoms with Crippen LogP contribution in [0, 0.1) is 5.82 Å². The Labute approximate surface area is 103 Å². The third-order valence-electron chi connectivity index (χ3n) is 1.65. The van der Waals surface area contributed by atoms with Gasteiger partial charge in [0.1, 0.15) is 10.4 Å². The average molecular weight is 308 g/mol. The van der Waals surface area contributed by atoms with Gasteiger partial charge in [-0.2, -0.15) is 0 Å². The SMILES string of the molecule is Fc1ccc(Cl)c(Nc2nc(Br)cs2)c1. The first-order chi connectivity index (χ1) is 7.15. The van der Waals surface area contributed by atoms with Crippen LogP contribution in [0.2, 0.25) is 5.02 Å². The van der Waals surface area contributed by atoms with Crippen LogP contribution in [0.25, 0.3) is 0 Å². The lowest BCUT2D eigenvalue weighted by molar-refractivity contribution is 0.628. The zero-order valence-corrected chi connectivity index (χ0v) is 10.5. The molecule has 0 saturated heterocycles. The lowest BCUT2D eigenvalue weighted by Gasteiger charge is -2.04. The minimum atomic E-state index is -0.336. The quantitative estimate of drug-likeness (QED) is 0.887. The number of thiazole rings is 1. The van der Waals surface area contributed by atoms with Crippen molar-refractivity contribution in [3.8, 4) is 0 Å². The van der Waals surface area contributed by atoms with Gasteiger partial charge in [0.15, 0.2) is 5.13 Å². The average Bonchev–Trinajstić information content (AvgIpc) is 2.58. The van der Waals surface area contributed by atoms with Crippen molar-refractivity contribution < 1.29 is 4.39 Å². The zero-order valence-electron chi connectivity index (χ0n) is 7.30. The molecule has 0 fully saturated rings. The second-order valence-corrected chi connectivity index (χ2v) is 4.80. The van der Waals surface area contributed by atoms with Gasteiger partial charge < -0.3 is 5.32 Å². The van der Waals surface area contributed by atoms with E-state index in [2.05, 4.69) is 26.2 Å². The highest BCUT2D eigenvalue weighted by Crippen LogP contribution is 2.28. The standard InChI is InChI=1S/C9H5BrClFN2S/c10-8-4-15-9(14-8)13-7-3-5(12)1-2-6(7)11/h1-4H,(H,13,14). The Balaban J connectivity index is 2.27. The summed E-state index contributed by atoms with van der Waals surface area (Å²) in [5.74, 6) is -0.336. The van der Waals surface area contributed by atoms with Gasteiger partial charge in [-0.25, -0.2) is 9.37 Å². The molecule has 0 aliphatic carbocycles. The molecule has 1 heterocycles. The van der Waals surface area contributed by atoms with Crippen LogP contribution in [0.1, 0.15) is 0 Å². The number of aromatic nitrogens is 1. The molecule has 2 aromatic rings. The first-order valence-corrected chi connectivity index (χ1v) is 6.03. The van der Waals surface area contributed by atoms with E-state index in [1.807, 2.05) is 5.38 Å². The number of rotatable bonds is 2. The minimum Gasteiger partial charge on any atom is -0.330 e. The van der Waals surface area contributed by atoms with Gasteiger partial charge in [0.05, 0.1) is 10.7 Å². The third kappa shape index (κ3) is 2.68. The first kappa shape index (κ1) is 10.9. The van der Waals surface area contributed by atoms with E-state index in [0.29, 0.717) is 15.8 Å². The molecule has 0 aliphatic heterocycles. The molecule has 0 aliphatic rings. The van der Waals surface area contributed by atoms with Crippen LogP contribution in [0.15, 0.2) is 28.2 Å². The van der Waals surface area contributed by atoms with Crippen LogP contribution < -0.4 is 5.32 Å². The van der Waals surface area contributed by atoms with Crippen molar-refractivity contribution in [3.63, 3.8) is 0 Å². The number of nitrogens with zero attached hydrogens (tertiary/aromatic N) is 1. The van der Waals surface area contributed by atoms with Gasteiger partial charge in [0, 0.05) is 5.38 Å². The molecule has 0 saturated carbocycles. The zero-order chi connectivity index (χ0) is 10.8. The van der Waals surface area contributed by atoms with E-state index in [9.17, 15) is 4.39 Å². The lowest BCUT2D eigenvalue weighted by atomic mass is 10.3. The fourth-order valence-electron chi connectivity index (χ4n) is 1.02. The van der Waals surface area contributed by atoms with E-state index in [1.54, 1.807) is 0 Å². The summed E-state index contributed by atoms with van der Waals surface area (Å²) in [7, 11) is 0. The largest absolute Gasteiger partial charge is 0.330 e. The maximum atomic E-state index is 12.9. The molecule has 78 valence electrons. The first-order valence-electron chi connectivity index (χ1n) is 3.98. The van der Waals surface area contributed by atoms with Crippen LogP contribution in [0.4, 0.5) is 15.2 Å².